The van der Waals surface area contributed by atoms with Crippen LogP contribution in [0.4, 0.5) is 34.1 Å². The van der Waals surface area contributed by atoms with Gasteiger partial charge in [0.15, 0.2) is 0 Å². The van der Waals surface area contributed by atoms with Gasteiger partial charge in [-0.05, 0) is 98.3 Å². The summed E-state index contributed by atoms with van der Waals surface area (Å²) in [5.74, 6) is 0. The Bertz CT molecular complexity index is 4980. The molecule has 84 heavy (non-hydrogen) atoms. The van der Waals surface area contributed by atoms with E-state index in [1.54, 1.807) is 0 Å². The van der Waals surface area contributed by atoms with Gasteiger partial charge in [-0.15, -0.1) is 0 Å². The molecule has 0 saturated heterocycles. The molecule has 390 valence electrons. The number of rotatable bonds is 7. The number of benzene rings is 13. The zero-order chi connectivity index (χ0) is 55.0. The van der Waals surface area contributed by atoms with Crippen LogP contribution >= 0.6 is 0 Å². The highest BCUT2D eigenvalue weighted by atomic mass is 16.3. The van der Waals surface area contributed by atoms with Crippen molar-refractivity contribution in [2.24, 2.45) is 0 Å². The average Bonchev–Trinajstić information content (AvgIpc) is 1.12. The molecule has 0 atom stereocenters. The van der Waals surface area contributed by atoms with Crippen LogP contribution in [0.25, 0.3) is 116 Å². The van der Waals surface area contributed by atoms with Crippen molar-refractivity contribution in [3.8, 4) is 50.2 Å². The van der Waals surface area contributed by atoms with Crippen LogP contribution in [0, 0.1) is 0 Å². The molecule has 2 aliphatic heterocycles. The summed E-state index contributed by atoms with van der Waals surface area (Å²) in [7, 11) is 0. The first kappa shape index (κ1) is 46.7. The second kappa shape index (κ2) is 18.2. The molecule has 5 nitrogen and oxygen atoms in total. The fourth-order valence-corrected chi connectivity index (χ4v) is 14.0. The van der Waals surface area contributed by atoms with Gasteiger partial charge in [-0.25, -0.2) is 0 Å². The third kappa shape index (κ3) is 6.98. The Balaban J connectivity index is 1.01. The molecule has 13 aromatic carbocycles. The van der Waals surface area contributed by atoms with Crippen molar-refractivity contribution in [3.05, 3.63) is 291 Å². The monoisotopic (exact) mass is 1070 g/mol. The summed E-state index contributed by atoms with van der Waals surface area (Å²) < 4.78 is 16.4. The Morgan fingerprint density at radius 2 is 0.619 bits per heavy atom. The second-order valence-corrected chi connectivity index (χ2v) is 22.3. The quantitative estimate of drug-likeness (QED) is 0.149. The van der Waals surface area contributed by atoms with Gasteiger partial charge in [0.05, 0.1) is 16.7 Å². The van der Waals surface area contributed by atoms with Crippen molar-refractivity contribution in [1.29, 1.82) is 0 Å². The van der Waals surface area contributed by atoms with Crippen molar-refractivity contribution in [1.82, 2.24) is 4.57 Å². The van der Waals surface area contributed by atoms with E-state index in [4.69, 9.17) is 8.83 Å². The van der Waals surface area contributed by atoms with E-state index in [1.807, 2.05) is 0 Å². The number of hydrogen-bond donors (Lipinski definition) is 0. The highest BCUT2D eigenvalue weighted by molar-refractivity contribution is 7.00. The maximum atomic E-state index is 6.89. The summed E-state index contributed by atoms with van der Waals surface area (Å²) in [6.45, 7) is -0.220. The highest BCUT2D eigenvalue weighted by Gasteiger charge is 2.45. The molecule has 0 bridgehead atoms. The maximum absolute atomic E-state index is 6.89. The largest absolute Gasteiger partial charge is 0.456 e. The molecule has 0 fully saturated rings. The second-order valence-electron chi connectivity index (χ2n) is 22.3. The summed E-state index contributed by atoms with van der Waals surface area (Å²) in [6, 6.07) is 106. The summed E-state index contributed by atoms with van der Waals surface area (Å²) in [4.78, 5) is 5.04. The Hall–Kier alpha value is -11.1. The van der Waals surface area contributed by atoms with Crippen LogP contribution in [0.2, 0.25) is 0 Å². The predicted octanol–water partition coefficient (Wildman–Crippen LogP) is 19.3. The SMILES string of the molecule is c1ccc(-c2ccc(N3c4cc5oc6ccccc6c5cc4B4c5cc6c(cc5N(c5ccc(-c7ccccc7)cc5)c5cc(-n7c8c(-c9ccccc9)cccc8c8cccc(-c9ccccc9)c87)cc3c54)oc3ccccc36)cc2)cc1. The average molecular weight is 1070 g/mol. The number of furan rings is 2. The normalized spacial score (nSPS) is 12.7. The lowest BCUT2D eigenvalue weighted by atomic mass is 9.33. The molecule has 0 radical (unpaired) electrons. The molecule has 0 aliphatic carbocycles. The van der Waals surface area contributed by atoms with Crippen LogP contribution in [-0.4, -0.2) is 11.3 Å². The first-order chi connectivity index (χ1) is 41.7. The molecule has 16 aromatic rings. The zero-order valence-corrected chi connectivity index (χ0v) is 45.4. The topological polar surface area (TPSA) is 37.7 Å². The van der Waals surface area contributed by atoms with E-state index in [0.717, 1.165) is 128 Å². The van der Waals surface area contributed by atoms with Gasteiger partial charge in [0.1, 0.15) is 22.3 Å². The minimum atomic E-state index is -0.220. The van der Waals surface area contributed by atoms with Crippen molar-refractivity contribution in [2.45, 2.75) is 0 Å². The number of aromatic nitrogens is 1. The first-order valence-corrected chi connectivity index (χ1v) is 28.8. The lowest BCUT2D eigenvalue weighted by Crippen LogP contribution is -2.61. The molecular weight excluding hydrogens is 1020 g/mol. The smallest absolute Gasteiger partial charge is 0.252 e. The van der Waals surface area contributed by atoms with Crippen molar-refractivity contribution in [2.75, 3.05) is 9.80 Å². The Kier molecular flexibility index (Phi) is 10.1. The lowest BCUT2D eigenvalue weighted by molar-refractivity contribution is 0.668. The number of hydrogen-bond acceptors (Lipinski definition) is 4. The van der Waals surface area contributed by atoms with Crippen LogP contribution in [-0.2, 0) is 0 Å². The minimum absolute atomic E-state index is 0.220. The van der Waals surface area contributed by atoms with Crippen LogP contribution in [0.3, 0.4) is 0 Å². The summed E-state index contributed by atoms with van der Waals surface area (Å²) in [6.07, 6.45) is 0. The maximum Gasteiger partial charge on any atom is 0.252 e. The minimum Gasteiger partial charge on any atom is -0.456 e. The summed E-state index contributed by atoms with van der Waals surface area (Å²) in [5.41, 5.74) is 26.0. The van der Waals surface area contributed by atoms with Gasteiger partial charge < -0.3 is 23.2 Å². The Morgan fingerprint density at radius 3 is 1.05 bits per heavy atom. The highest BCUT2D eigenvalue weighted by Crippen LogP contribution is 2.50. The third-order valence-electron chi connectivity index (χ3n) is 17.7. The fourth-order valence-electron chi connectivity index (χ4n) is 14.0. The molecule has 18 rings (SSSR count). The summed E-state index contributed by atoms with van der Waals surface area (Å²) in [5, 5.41) is 6.74. The van der Waals surface area contributed by atoms with E-state index in [1.165, 1.54) is 38.3 Å². The first-order valence-electron chi connectivity index (χ1n) is 28.8. The predicted molar refractivity (Wildman–Crippen MR) is 351 cm³/mol. The van der Waals surface area contributed by atoms with Crippen molar-refractivity contribution >= 4 is 123 Å². The Morgan fingerprint density at radius 1 is 0.250 bits per heavy atom. The van der Waals surface area contributed by atoms with Gasteiger partial charge in [-0.3, -0.25) is 0 Å². The molecule has 0 spiro atoms. The van der Waals surface area contributed by atoms with Crippen LogP contribution in [0.15, 0.2) is 300 Å². The molecular formula is C78H48BN3O2. The summed E-state index contributed by atoms with van der Waals surface area (Å²) >= 11 is 0. The van der Waals surface area contributed by atoms with Gasteiger partial charge in [0.2, 0.25) is 0 Å². The van der Waals surface area contributed by atoms with Gasteiger partial charge in [0, 0.05) is 89.7 Å². The van der Waals surface area contributed by atoms with Crippen molar-refractivity contribution < 1.29 is 8.83 Å². The van der Waals surface area contributed by atoms with Crippen LogP contribution < -0.4 is 26.2 Å². The van der Waals surface area contributed by atoms with Gasteiger partial charge in [-0.2, -0.15) is 0 Å². The number of nitrogens with zero attached hydrogens (tertiary/aromatic N) is 3. The van der Waals surface area contributed by atoms with Gasteiger partial charge in [-0.1, -0.05) is 231 Å². The van der Waals surface area contributed by atoms with E-state index >= 15 is 0 Å². The van der Waals surface area contributed by atoms with Crippen LogP contribution in [0.1, 0.15) is 0 Å². The molecule has 5 heterocycles. The van der Waals surface area contributed by atoms with E-state index in [-0.39, 0.29) is 6.71 Å². The molecule has 0 unspecified atom stereocenters. The van der Waals surface area contributed by atoms with E-state index in [9.17, 15) is 0 Å². The lowest BCUT2D eigenvalue weighted by Gasteiger charge is -2.44. The van der Waals surface area contributed by atoms with Crippen molar-refractivity contribution in [3.63, 3.8) is 0 Å². The fraction of sp³-hybridized carbons (Fsp3) is 0. The van der Waals surface area contributed by atoms with E-state index in [2.05, 4.69) is 306 Å². The number of para-hydroxylation sites is 4. The molecule has 2 aliphatic rings. The van der Waals surface area contributed by atoms with Gasteiger partial charge >= 0.3 is 0 Å². The number of fused-ring (bicyclic) bond motifs is 13. The molecule has 0 saturated carbocycles. The Labute approximate surface area is 484 Å². The molecule has 6 heteroatoms. The standard InChI is InChI=1S/C78H48BN3O2/c1-5-19-49(20-6-1)51-35-39-55(40-36-51)80-68-47-74-64(60-27-13-15-33-72(60)83-74)45-66(68)79-67-46-65-61-28-14-16-34-73(61)84-75(65)48-69(67)81(56-41-37-52(38-42-56)50-21-7-2-8-22-50)71-44-57(43-70(80)76(71)79)82-77-58(53-23-9-3-10-24-53)29-17-31-62(77)63-32-18-30-59(78(63)82)54-25-11-4-12-26-54/h1-48H. The van der Waals surface area contributed by atoms with E-state index in [0.29, 0.717) is 0 Å². The number of anilines is 6. The molecule has 3 aromatic heterocycles. The third-order valence-corrected chi connectivity index (χ3v) is 17.7. The molecule has 0 amide bonds. The zero-order valence-electron chi connectivity index (χ0n) is 45.4. The van der Waals surface area contributed by atoms with E-state index < -0.39 is 0 Å². The molecule has 0 N–H and O–H groups in total. The van der Waals surface area contributed by atoms with Crippen LogP contribution in [0.5, 0.6) is 0 Å². The van der Waals surface area contributed by atoms with Gasteiger partial charge in [0.25, 0.3) is 6.71 Å².